The van der Waals surface area contributed by atoms with Gasteiger partial charge in [-0.05, 0) is 53.7 Å². The molecule has 0 saturated carbocycles. The van der Waals surface area contributed by atoms with Crippen LogP contribution in [0.15, 0.2) is 66.8 Å². The maximum Gasteiger partial charge on any atom is 0.335 e. The van der Waals surface area contributed by atoms with Crippen LogP contribution in [0, 0.1) is 0 Å². The number of carboxylic acids is 1. The van der Waals surface area contributed by atoms with Gasteiger partial charge in [0.1, 0.15) is 17.9 Å². The Morgan fingerprint density at radius 1 is 1.20 bits per heavy atom. The van der Waals surface area contributed by atoms with Crippen LogP contribution < -0.4 is 10.1 Å². The fraction of sp³-hybridized carbons (Fsp3) is 0.0909. The van der Waals surface area contributed by atoms with Crippen molar-refractivity contribution in [2.45, 2.75) is 6.61 Å². The third kappa shape index (κ3) is 4.79. The van der Waals surface area contributed by atoms with Crippen molar-refractivity contribution in [3.05, 3.63) is 83.4 Å². The number of ether oxygens (including phenoxy) is 1. The van der Waals surface area contributed by atoms with E-state index in [2.05, 4.69) is 11.9 Å². The van der Waals surface area contributed by atoms with Crippen LogP contribution in [0.4, 0.5) is 0 Å². The molecule has 3 rings (SSSR count). The van der Waals surface area contributed by atoms with E-state index in [1.165, 1.54) is 23.1 Å². The molecule has 8 heteroatoms. The van der Waals surface area contributed by atoms with Crippen LogP contribution in [0.5, 0.6) is 5.75 Å². The van der Waals surface area contributed by atoms with Gasteiger partial charge in [-0.3, -0.25) is 19.8 Å². The first-order chi connectivity index (χ1) is 14.4. The van der Waals surface area contributed by atoms with Crippen molar-refractivity contribution < 1.29 is 24.2 Å². The molecule has 0 unspecified atom stereocenters. The second-order valence-corrected chi connectivity index (χ2v) is 6.77. The summed E-state index contributed by atoms with van der Waals surface area (Å²) in [7, 11) is 0. The van der Waals surface area contributed by atoms with Crippen LogP contribution in [0.25, 0.3) is 6.08 Å². The quantitative estimate of drug-likeness (QED) is 0.308. The van der Waals surface area contributed by atoms with Crippen LogP contribution >= 0.6 is 12.2 Å². The first-order valence-electron chi connectivity index (χ1n) is 8.94. The van der Waals surface area contributed by atoms with Gasteiger partial charge in [-0.2, -0.15) is 0 Å². The number of nitrogens with zero attached hydrogens (tertiary/aromatic N) is 1. The Bertz CT molecular complexity index is 1060. The molecule has 30 heavy (non-hydrogen) atoms. The molecule has 0 aromatic heterocycles. The van der Waals surface area contributed by atoms with Gasteiger partial charge in [-0.15, -0.1) is 6.58 Å². The molecule has 1 fully saturated rings. The number of carboxylic acid groups (broad SMARTS) is 1. The van der Waals surface area contributed by atoms with Crippen LogP contribution in [-0.2, 0) is 16.2 Å². The predicted molar refractivity (Wildman–Crippen MR) is 115 cm³/mol. The second kappa shape index (κ2) is 9.15. The number of rotatable bonds is 7. The van der Waals surface area contributed by atoms with Gasteiger partial charge in [0.15, 0.2) is 5.11 Å². The topological polar surface area (TPSA) is 95.9 Å². The first kappa shape index (κ1) is 20.9. The summed E-state index contributed by atoms with van der Waals surface area (Å²) >= 11 is 5.02. The Morgan fingerprint density at radius 3 is 2.60 bits per heavy atom. The molecule has 2 aromatic carbocycles. The number of amides is 2. The highest BCUT2D eigenvalue weighted by atomic mass is 32.1. The summed E-state index contributed by atoms with van der Waals surface area (Å²) in [6.45, 7) is 3.99. The molecule has 1 heterocycles. The standard InChI is InChI=1S/C22H18N2O5S/c1-2-10-24-20(26)18(19(25)23-22(24)30)12-14-6-8-17(9-7-14)29-13-15-4-3-5-16(11-15)21(27)28/h2-9,11-12H,1,10,13H2,(H,27,28)(H,23,25,30). The Labute approximate surface area is 178 Å². The number of carbonyl (C=O) groups is 3. The highest BCUT2D eigenvalue weighted by molar-refractivity contribution is 7.80. The van der Waals surface area contributed by atoms with Crippen LogP contribution in [0.2, 0.25) is 0 Å². The van der Waals surface area contributed by atoms with E-state index in [0.717, 1.165) is 5.56 Å². The van der Waals surface area contributed by atoms with Crippen LogP contribution in [-0.4, -0.2) is 39.4 Å². The van der Waals surface area contributed by atoms with Gasteiger partial charge in [0.2, 0.25) is 0 Å². The lowest BCUT2D eigenvalue weighted by atomic mass is 10.1. The summed E-state index contributed by atoms with van der Waals surface area (Å²) in [6.07, 6.45) is 3.01. The van der Waals surface area contributed by atoms with Gasteiger partial charge in [-0.1, -0.05) is 30.3 Å². The first-order valence-corrected chi connectivity index (χ1v) is 9.34. The average Bonchev–Trinajstić information content (AvgIpc) is 2.73. The Kier molecular flexibility index (Phi) is 6.38. The molecule has 1 aliphatic heterocycles. The van der Waals surface area contributed by atoms with Crippen LogP contribution in [0.1, 0.15) is 21.5 Å². The lowest BCUT2D eigenvalue weighted by Crippen LogP contribution is -2.53. The summed E-state index contributed by atoms with van der Waals surface area (Å²) < 4.78 is 5.68. The molecule has 1 saturated heterocycles. The number of thiocarbonyl (C=S) groups is 1. The Morgan fingerprint density at radius 2 is 1.93 bits per heavy atom. The molecule has 2 aromatic rings. The number of carbonyl (C=O) groups excluding carboxylic acids is 2. The maximum absolute atomic E-state index is 12.5. The summed E-state index contributed by atoms with van der Waals surface area (Å²) in [5.74, 6) is -1.47. The van der Waals surface area contributed by atoms with E-state index in [4.69, 9.17) is 22.1 Å². The molecule has 0 radical (unpaired) electrons. The van der Waals surface area contributed by atoms with Crippen molar-refractivity contribution in [3.8, 4) is 5.75 Å². The summed E-state index contributed by atoms with van der Waals surface area (Å²) in [5, 5.41) is 11.6. The lowest BCUT2D eigenvalue weighted by Gasteiger charge is -2.27. The third-order valence-electron chi connectivity index (χ3n) is 4.27. The SMILES string of the molecule is C=CCN1C(=O)C(=Cc2ccc(OCc3cccc(C(=O)O)c3)cc2)C(=O)NC1=S. The van der Waals surface area contributed by atoms with E-state index in [9.17, 15) is 14.4 Å². The molecule has 2 N–H and O–H groups in total. The van der Waals surface area contributed by atoms with E-state index in [-0.39, 0.29) is 29.4 Å². The van der Waals surface area contributed by atoms with E-state index in [0.29, 0.717) is 11.3 Å². The molecule has 152 valence electrons. The molecule has 0 aliphatic carbocycles. The zero-order chi connectivity index (χ0) is 21.7. The Hall–Kier alpha value is -3.78. The van der Waals surface area contributed by atoms with Crippen molar-refractivity contribution in [3.63, 3.8) is 0 Å². The van der Waals surface area contributed by atoms with E-state index >= 15 is 0 Å². The largest absolute Gasteiger partial charge is 0.489 e. The summed E-state index contributed by atoms with van der Waals surface area (Å²) in [6, 6.07) is 13.3. The lowest BCUT2D eigenvalue weighted by molar-refractivity contribution is -0.128. The average molecular weight is 422 g/mol. The van der Waals surface area contributed by atoms with E-state index < -0.39 is 17.8 Å². The van der Waals surface area contributed by atoms with Gasteiger partial charge in [0.25, 0.3) is 11.8 Å². The van der Waals surface area contributed by atoms with E-state index in [1.807, 2.05) is 0 Å². The summed E-state index contributed by atoms with van der Waals surface area (Å²) in [5.41, 5.74) is 1.53. The zero-order valence-corrected chi connectivity index (χ0v) is 16.6. The second-order valence-electron chi connectivity index (χ2n) is 6.38. The maximum atomic E-state index is 12.5. The fourth-order valence-corrected chi connectivity index (χ4v) is 3.03. The molecule has 0 atom stereocenters. The predicted octanol–water partition coefficient (Wildman–Crippen LogP) is 2.78. The van der Waals surface area contributed by atoms with Gasteiger partial charge in [-0.25, -0.2) is 4.79 Å². The highest BCUT2D eigenvalue weighted by Crippen LogP contribution is 2.19. The van der Waals surface area contributed by atoms with Gasteiger partial charge in [0.05, 0.1) is 5.56 Å². The number of hydrogen-bond donors (Lipinski definition) is 2. The summed E-state index contributed by atoms with van der Waals surface area (Å²) in [4.78, 5) is 37.0. The molecule has 0 bridgehead atoms. The minimum Gasteiger partial charge on any atom is -0.489 e. The van der Waals surface area contributed by atoms with Crippen molar-refractivity contribution in [1.82, 2.24) is 10.2 Å². The van der Waals surface area contributed by atoms with Crippen molar-refractivity contribution in [2.24, 2.45) is 0 Å². The van der Waals surface area contributed by atoms with Crippen molar-refractivity contribution in [1.29, 1.82) is 0 Å². The molecule has 2 amide bonds. The Balaban J connectivity index is 1.70. The highest BCUT2D eigenvalue weighted by Gasteiger charge is 2.32. The molecule has 0 spiro atoms. The monoisotopic (exact) mass is 422 g/mol. The molecular weight excluding hydrogens is 404 g/mol. The number of nitrogens with one attached hydrogen (secondary N) is 1. The molecular formula is C22H18N2O5S. The molecule has 7 nitrogen and oxygen atoms in total. The fourth-order valence-electron chi connectivity index (χ4n) is 2.78. The third-order valence-corrected chi connectivity index (χ3v) is 4.59. The number of aromatic carboxylic acids is 1. The minimum atomic E-state index is -0.997. The van der Waals surface area contributed by atoms with E-state index in [1.54, 1.807) is 42.5 Å². The van der Waals surface area contributed by atoms with Gasteiger partial charge in [0, 0.05) is 6.54 Å². The van der Waals surface area contributed by atoms with Crippen LogP contribution in [0.3, 0.4) is 0 Å². The zero-order valence-electron chi connectivity index (χ0n) is 15.8. The van der Waals surface area contributed by atoms with Gasteiger partial charge < -0.3 is 9.84 Å². The van der Waals surface area contributed by atoms with Crippen molar-refractivity contribution in [2.75, 3.05) is 6.54 Å². The normalized spacial score (nSPS) is 15.1. The smallest absolute Gasteiger partial charge is 0.335 e. The number of benzene rings is 2. The molecule has 1 aliphatic rings. The number of hydrogen-bond acceptors (Lipinski definition) is 5. The van der Waals surface area contributed by atoms with Crippen molar-refractivity contribution >= 4 is 41.2 Å². The minimum absolute atomic E-state index is 0.0235. The van der Waals surface area contributed by atoms with Gasteiger partial charge >= 0.3 is 5.97 Å².